The molecule has 4 rings (SSSR count). The quantitative estimate of drug-likeness (QED) is 0.864. The van der Waals surface area contributed by atoms with Crippen LogP contribution in [0.4, 0.5) is 5.69 Å². The summed E-state index contributed by atoms with van der Waals surface area (Å²) in [5.41, 5.74) is 4.26. The van der Waals surface area contributed by atoms with Crippen molar-refractivity contribution >= 4 is 17.5 Å². The van der Waals surface area contributed by atoms with E-state index in [2.05, 4.69) is 17.0 Å². The number of ketones is 1. The maximum atomic E-state index is 12.5. The number of rotatable bonds is 2. The minimum absolute atomic E-state index is 0.0122. The van der Waals surface area contributed by atoms with Crippen LogP contribution in [0.2, 0.25) is 0 Å². The van der Waals surface area contributed by atoms with Crippen LogP contribution in [0, 0.1) is 0 Å². The average molecular weight is 321 g/mol. The molecule has 0 aromatic heterocycles. The summed E-state index contributed by atoms with van der Waals surface area (Å²) in [5, 5.41) is 9.92. The summed E-state index contributed by atoms with van der Waals surface area (Å²) in [7, 11) is 0. The highest BCUT2D eigenvalue weighted by atomic mass is 16.5. The number of phenols is 1. The normalized spacial score (nSPS) is 18.9. The Hall–Kier alpha value is -2.59. The topological polar surface area (TPSA) is 49.8 Å². The molecule has 0 unspecified atom stereocenters. The van der Waals surface area contributed by atoms with E-state index in [0.717, 1.165) is 43.0 Å². The summed E-state index contributed by atoms with van der Waals surface area (Å²) in [4.78, 5) is 14.8. The van der Waals surface area contributed by atoms with Crippen molar-refractivity contribution in [3.63, 3.8) is 0 Å². The second-order valence-electron chi connectivity index (χ2n) is 6.17. The molecule has 1 heterocycles. The minimum atomic E-state index is 0.0122. The Kier molecular flexibility index (Phi) is 3.82. The number of Topliss-reactive ketones (excluding diaryl/α,β-unsaturated/α-hetero) is 1. The number of ether oxygens (including phenoxy) is 1. The molecule has 1 fully saturated rings. The van der Waals surface area contributed by atoms with E-state index < -0.39 is 0 Å². The zero-order chi connectivity index (χ0) is 16.5. The molecule has 2 aromatic rings. The first-order valence-corrected chi connectivity index (χ1v) is 8.21. The highest BCUT2D eigenvalue weighted by Gasteiger charge is 2.26. The van der Waals surface area contributed by atoms with Gasteiger partial charge in [0.05, 0.1) is 13.2 Å². The van der Waals surface area contributed by atoms with Crippen molar-refractivity contribution in [1.82, 2.24) is 0 Å². The number of anilines is 1. The van der Waals surface area contributed by atoms with Crippen molar-refractivity contribution in [2.75, 3.05) is 31.2 Å². The summed E-state index contributed by atoms with van der Waals surface area (Å²) < 4.78 is 5.38. The van der Waals surface area contributed by atoms with Crippen molar-refractivity contribution in [3.8, 4) is 5.75 Å². The number of phenolic OH excluding ortho intramolecular Hbond substituents is 1. The van der Waals surface area contributed by atoms with E-state index in [1.165, 1.54) is 5.69 Å². The Morgan fingerprint density at radius 3 is 2.50 bits per heavy atom. The molecule has 0 bridgehead atoms. The van der Waals surface area contributed by atoms with Gasteiger partial charge < -0.3 is 14.7 Å². The van der Waals surface area contributed by atoms with Crippen LogP contribution in [-0.2, 0) is 11.2 Å². The number of carbonyl (C=O) groups excluding carboxylic acids is 1. The third-order valence-electron chi connectivity index (χ3n) is 4.67. The molecule has 2 aliphatic rings. The molecule has 0 amide bonds. The van der Waals surface area contributed by atoms with Gasteiger partial charge in [-0.2, -0.15) is 0 Å². The average Bonchev–Trinajstić information content (AvgIpc) is 2.94. The Balaban J connectivity index is 1.56. The van der Waals surface area contributed by atoms with Gasteiger partial charge in [0, 0.05) is 41.9 Å². The van der Waals surface area contributed by atoms with Crippen molar-refractivity contribution in [2.45, 2.75) is 6.42 Å². The SMILES string of the molecule is O=C1/C(=C/c2ccc(N3CCOCC3)cc2)Cc2c(O)cccc21. The highest BCUT2D eigenvalue weighted by molar-refractivity contribution is 6.16. The van der Waals surface area contributed by atoms with Gasteiger partial charge in [-0.15, -0.1) is 0 Å². The van der Waals surface area contributed by atoms with Gasteiger partial charge in [-0.25, -0.2) is 0 Å². The predicted octanol–water partition coefficient (Wildman–Crippen LogP) is 3.05. The van der Waals surface area contributed by atoms with Gasteiger partial charge in [0.1, 0.15) is 5.75 Å². The number of morpholine rings is 1. The van der Waals surface area contributed by atoms with E-state index in [1.54, 1.807) is 18.2 Å². The van der Waals surface area contributed by atoms with Gasteiger partial charge in [-0.1, -0.05) is 24.3 Å². The molecule has 1 saturated heterocycles. The lowest BCUT2D eigenvalue weighted by Gasteiger charge is -2.28. The van der Waals surface area contributed by atoms with Crippen LogP contribution in [-0.4, -0.2) is 37.2 Å². The molecule has 0 spiro atoms. The Morgan fingerprint density at radius 1 is 1.04 bits per heavy atom. The lowest BCUT2D eigenvalue weighted by atomic mass is 10.1. The molecule has 0 radical (unpaired) electrons. The standard InChI is InChI=1S/C20H19NO3/c22-19-3-1-2-17-18(19)13-15(20(17)23)12-14-4-6-16(7-5-14)21-8-10-24-11-9-21/h1-7,12,22H,8-11,13H2/b15-12+. The van der Waals surface area contributed by atoms with Crippen molar-refractivity contribution in [3.05, 3.63) is 64.7 Å². The molecular weight excluding hydrogens is 302 g/mol. The first kappa shape index (κ1) is 15.0. The Morgan fingerprint density at radius 2 is 1.79 bits per heavy atom. The second kappa shape index (κ2) is 6.13. The fourth-order valence-electron chi connectivity index (χ4n) is 3.34. The third-order valence-corrected chi connectivity index (χ3v) is 4.67. The van der Waals surface area contributed by atoms with E-state index in [1.807, 2.05) is 18.2 Å². The molecule has 0 atom stereocenters. The second-order valence-corrected chi connectivity index (χ2v) is 6.17. The van der Waals surface area contributed by atoms with Crippen molar-refractivity contribution < 1.29 is 14.6 Å². The van der Waals surface area contributed by atoms with Crippen LogP contribution in [0.3, 0.4) is 0 Å². The molecular formula is C20H19NO3. The zero-order valence-electron chi connectivity index (χ0n) is 13.4. The minimum Gasteiger partial charge on any atom is -0.508 e. The summed E-state index contributed by atoms with van der Waals surface area (Å²) in [6.45, 7) is 3.35. The van der Waals surface area contributed by atoms with Gasteiger partial charge in [0.2, 0.25) is 0 Å². The smallest absolute Gasteiger partial charge is 0.189 e. The number of hydrogen-bond acceptors (Lipinski definition) is 4. The summed E-state index contributed by atoms with van der Waals surface area (Å²) in [5.74, 6) is 0.213. The van der Waals surface area contributed by atoms with Gasteiger partial charge in [-0.05, 0) is 29.8 Å². The van der Waals surface area contributed by atoms with Crippen molar-refractivity contribution in [2.24, 2.45) is 0 Å². The third kappa shape index (κ3) is 2.69. The maximum absolute atomic E-state index is 12.5. The summed E-state index contributed by atoms with van der Waals surface area (Å²) in [6, 6.07) is 13.4. The van der Waals surface area contributed by atoms with Crippen LogP contribution < -0.4 is 4.90 Å². The van der Waals surface area contributed by atoms with Crippen LogP contribution in [0.1, 0.15) is 21.5 Å². The number of hydrogen-bond donors (Lipinski definition) is 1. The van der Waals surface area contributed by atoms with E-state index in [4.69, 9.17) is 4.74 Å². The van der Waals surface area contributed by atoms with Gasteiger partial charge in [0.25, 0.3) is 0 Å². The van der Waals surface area contributed by atoms with Gasteiger partial charge in [0.15, 0.2) is 5.78 Å². The Bertz CT molecular complexity index is 802. The number of aromatic hydroxyl groups is 1. The number of nitrogens with zero attached hydrogens (tertiary/aromatic N) is 1. The zero-order valence-corrected chi connectivity index (χ0v) is 13.4. The molecule has 1 aliphatic heterocycles. The Labute approximate surface area is 141 Å². The number of fused-ring (bicyclic) bond motifs is 1. The molecule has 2 aromatic carbocycles. The fourth-order valence-corrected chi connectivity index (χ4v) is 3.34. The van der Waals surface area contributed by atoms with Crippen molar-refractivity contribution in [1.29, 1.82) is 0 Å². The lowest BCUT2D eigenvalue weighted by Crippen LogP contribution is -2.36. The molecule has 4 nitrogen and oxygen atoms in total. The van der Waals surface area contributed by atoms with E-state index in [0.29, 0.717) is 12.0 Å². The molecule has 122 valence electrons. The molecule has 1 aliphatic carbocycles. The predicted molar refractivity (Wildman–Crippen MR) is 93.6 cm³/mol. The first-order valence-electron chi connectivity index (χ1n) is 8.21. The first-order chi connectivity index (χ1) is 11.7. The van der Waals surface area contributed by atoms with Crippen LogP contribution in [0.25, 0.3) is 6.08 Å². The monoisotopic (exact) mass is 321 g/mol. The maximum Gasteiger partial charge on any atom is 0.189 e. The summed E-state index contributed by atoms with van der Waals surface area (Å²) >= 11 is 0. The van der Waals surface area contributed by atoms with E-state index >= 15 is 0 Å². The number of benzene rings is 2. The van der Waals surface area contributed by atoms with E-state index in [-0.39, 0.29) is 11.5 Å². The fraction of sp³-hybridized carbons (Fsp3) is 0.250. The lowest BCUT2D eigenvalue weighted by molar-refractivity contribution is 0.104. The van der Waals surface area contributed by atoms with E-state index in [9.17, 15) is 9.90 Å². The molecule has 24 heavy (non-hydrogen) atoms. The molecule has 1 N–H and O–H groups in total. The number of carbonyl (C=O) groups is 1. The molecule has 0 saturated carbocycles. The molecule has 4 heteroatoms. The number of allylic oxidation sites excluding steroid dienone is 1. The van der Waals surface area contributed by atoms with Gasteiger partial charge >= 0.3 is 0 Å². The highest BCUT2D eigenvalue weighted by Crippen LogP contribution is 2.33. The van der Waals surface area contributed by atoms with Gasteiger partial charge in [-0.3, -0.25) is 4.79 Å². The van der Waals surface area contributed by atoms with Crippen LogP contribution in [0.15, 0.2) is 48.0 Å². The van der Waals surface area contributed by atoms with Crippen LogP contribution >= 0.6 is 0 Å². The summed E-state index contributed by atoms with van der Waals surface area (Å²) in [6.07, 6.45) is 2.41. The van der Waals surface area contributed by atoms with Crippen LogP contribution in [0.5, 0.6) is 5.75 Å². The largest absolute Gasteiger partial charge is 0.508 e.